The predicted molar refractivity (Wildman–Crippen MR) is 103 cm³/mol. The molecule has 0 spiro atoms. The number of rotatable bonds is 5. The lowest BCUT2D eigenvalue weighted by Crippen LogP contribution is -2.26. The Hall–Kier alpha value is -3.79. The largest absolute Gasteiger partial charge is 0.457 e. The number of nitrogens with zero attached hydrogens (tertiary/aromatic N) is 2. The van der Waals surface area contributed by atoms with Gasteiger partial charge >= 0.3 is 11.0 Å². The van der Waals surface area contributed by atoms with Gasteiger partial charge in [0.2, 0.25) is 0 Å². The maximum Gasteiger partial charge on any atom is 0.345 e. The van der Waals surface area contributed by atoms with Gasteiger partial charge in [0.25, 0.3) is 5.91 Å². The third-order valence-electron chi connectivity index (χ3n) is 4.18. The zero-order valence-corrected chi connectivity index (χ0v) is 15.5. The molecule has 2 heterocycles. The van der Waals surface area contributed by atoms with Crippen LogP contribution in [0.5, 0.6) is 11.5 Å². The molecular weight excluding hydrogens is 398 g/mol. The van der Waals surface area contributed by atoms with Gasteiger partial charge < -0.3 is 9.47 Å². The van der Waals surface area contributed by atoms with E-state index in [2.05, 4.69) is 10.3 Å². The summed E-state index contributed by atoms with van der Waals surface area (Å²) in [7, 11) is 0. The summed E-state index contributed by atoms with van der Waals surface area (Å²) in [5.74, 6) is -0.880. The van der Waals surface area contributed by atoms with E-state index in [4.69, 9.17) is 9.47 Å². The highest BCUT2D eigenvalue weighted by Crippen LogP contribution is 2.44. The lowest BCUT2D eigenvalue weighted by Gasteiger charge is -2.26. The summed E-state index contributed by atoms with van der Waals surface area (Å²) in [6, 6.07) is 14.2. The first-order valence-corrected chi connectivity index (χ1v) is 9.27. The van der Waals surface area contributed by atoms with E-state index in [0.29, 0.717) is 34.0 Å². The number of hydrogen-bond donors (Lipinski definition) is 1. The fourth-order valence-electron chi connectivity index (χ4n) is 2.95. The number of benzene rings is 2. The van der Waals surface area contributed by atoms with Crippen molar-refractivity contribution >= 4 is 33.3 Å². The summed E-state index contributed by atoms with van der Waals surface area (Å²) in [6.45, 7) is -0.548. The van der Waals surface area contributed by atoms with Gasteiger partial charge in [0.1, 0.15) is 23.6 Å². The van der Waals surface area contributed by atoms with Crippen LogP contribution in [0.25, 0.3) is 0 Å². The van der Waals surface area contributed by atoms with Crippen molar-refractivity contribution in [2.24, 2.45) is 0 Å². The zero-order valence-electron chi connectivity index (χ0n) is 14.7. The van der Waals surface area contributed by atoms with Crippen LogP contribution in [-0.4, -0.2) is 28.4 Å². The second kappa shape index (κ2) is 7.68. The summed E-state index contributed by atoms with van der Waals surface area (Å²) in [6.07, 6.45) is 1.04. The number of amides is 1. The van der Waals surface area contributed by atoms with E-state index in [-0.39, 0.29) is 10.1 Å². The smallest absolute Gasteiger partial charge is 0.345 e. The highest BCUT2D eigenvalue weighted by Gasteiger charge is 2.33. The Morgan fingerprint density at radius 3 is 2.34 bits per heavy atom. The Balaban J connectivity index is 1.47. The van der Waals surface area contributed by atoms with E-state index < -0.39 is 29.3 Å². The van der Waals surface area contributed by atoms with Gasteiger partial charge in [0.05, 0.1) is 4.92 Å². The van der Waals surface area contributed by atoms with Crippen molar-refractivity contribution in [2.75, 3.05) is 11.9 Å². The summed E-state index contributed by atoms with van der Waals surface area (Å²) in [5, 5.41) is 12.9. The summed E-state index contributed by atoms with van der Waals surface area (Å²) < 4.78 is 11.1. The molecule has 0 aliphatic carbocycles. The lowest BCUT2D eigenvalue weighted by atomic mass is 9.88. The lowest BCUT2D eigenvalue weighted by molar-refractivity contribution is -0.380. The Morgan fingerprint density at radius 1 is 1.14 bits per heavy atom. The molecular formula is C19H13N3O6S. The number of thiazole rings is 1. The number of esters is 1. The van der Waals surface area contributed by atoms with E-state index in [9.17, 15) is 19.7 Å². The van der Waals surface area contributed by atoms with Crippen LogP contribution in [0, 0.1) is 10.1 Å². The molecule has 10 heteroatoms. The van der Waals surface area contributed by atoms with Crippen molar-refractivity contribution in [1.82, 2.24) is 4.98 Å². The van der Waals surface area contributed by atoms with E-state index in [1.54, 1.807) is 48.5 Å². The van der Waals surface area contributed by atoms with Crippen LogP contribution in [-0.2, 0) is 14.3 Å². The standard InChI is InChI=1S/C19H13N3O6S/c23-15(21-19-20-9-16(29-19)22(25)26)10-27-18(24)17-11-5-1-3-7-13(11)28-14-8-4-2-6-12(14)17/h1-9,17H,10H2,(H,20,21,23). The summed E-state index contributed by atoms with van der Waals surface area (Å²) in [4.78, 5) is 38.7. The van der Waals surface area contributed by atoms with Crippen LogP contribution in [0.4, 0.5) is 10.1 Å². The molecule has 146 valence electrons. The van der Waals surface area contributed by atoms with Gasteiger partial charge in [0, 0.05) is 11.1 Å². The fraction of sp³-hybridized carbons (Fsp3) is 0.105. The van der Waals surface area contributed by atoms with Crippen LogP contribution in [0.15, 0.2) is 54.7 Å². The highest BCUT2D eigenvalue weighted by molar-refractivity contribution is 7.18. The molecule has 1 aromatic heterocycles. The molecule has 4 rings (SSSR count). The predicted octanol–water partition coefficient (Wildman–Crippen LogP) is 3.47. The molecule has 1 aliphatic heterocycles. The molecule has 0 radical (unpaired) electrons. The molecule has 0 bridgehead atoms. The molecule has 1 aliphatic rings. The van der Waals surface area contributed by atoms with E-state index >= 15 is 0 Å². The first-order valence-electron chi connectivity index (χ1n) is 8.45. The second-order valence-corrected chi connectivity index (χ2v) is 7.04. The van der Waals surface area contributed by atoms with Gasteiger partial charge in [-0.3, -0.25) is 25.0 Å². The van der Waals surface area contributed by atoms with Crippen molar-refractivity contribution in [1.29, 1.82) is 0 Å². The number of aromatic nitrogens is 1. The van der Waals surface area contributed by atoms with Crippen LogP contribution < -0.4 is 10.1 Å². The van der Waals surface area contributed by atoms with Crippen LogP contribution in [0.2, 0.25) is 0 Å². The number of ether oxygens (including phenoxy) is 2. The van der Waals surface area contributed by atoms with E-state index in [1.807, 2.05) is 0 Å². The number of nitro groups is 1. The zero-order chi connectivity index (χ0) is 20.4. The van der Waals surface area contributed by atoms with Gasteiger partial charge in [0.15, 0.2) is 11.7 Å². The summed E-state index contributed by atoms with van der Waals surface area (Å²) in [5.41, 5.74) is 1.29. The number of carbonyl (C=O) groups excluding carboxylic acids is 2. The fourth-order valence-corrected chi connectivity index (χ4v) is 3.60. The van der Waals surface area contributed by atoms with Gasteiger partial charge in [-0.05, 0) is 23.5 Å². The molecule has 0 atom stereocenters. The molecule has 3 aromatic rings. The van der Waals surface area contributed by atoms with Gasteiger partial charge in [-0.25, -0.2) is 4.98 Å². The molecule has 2 aromatic carbocycles. The maximum absolute atomic E-state index is 12.8. The summed E-state index contributed by atoms with van der Waals surface area (Å²) >= 11 is 0.714. The maximum atomic E-state index is 12.8. The van der Waals surface area contributed by atoms with Crippen molar-refractivity contribution in [3.8, 4) is 11.5 Å². The minimum absolute atomic E-state index is 0.0551. The quantitative estimate of drug-likeness (QED) is 0.388. The number of anilines is 1. The number of hydrogen-bond acceptors (Lipinski definition) is 8. The third-order valence-corrected chi connectivity index (χ3v) is 5.05. The highest BCUT2D eigenvalue weighted by atomic mass is 32.1. The van der Waals surface area contributed by atoms with Crippen LogP contribution in [0.3, 0.4) is 0 Å². The molecule has 0 saturated heterocycles. The SMILES string of the molecule is O=C(COC(=O)C1c2ccccc2Oc2ccccc21)Nc1ncc([N+](=O)[O-])s1. The van der Waals surface area contributed by atoms with Gasteiger partial charge in [-0.1, -0.05) is 36.4 Å². The van der Waals surface area contributed by atoms with E-state index in [0.717, 1.165) is 6.20 Å². The molecule has 1 N–H and O–H groups in total. The molecule has 1 amide bonds. The Bertz CT molecular complexity index is 1070. The molecule has 0 saturated carbocycles. The Kier molecular flexibility index (Phi) is 4.92. The van der Waals surface area contributed by atoms with Gasteiger partial charge in [-0.2, -0.15) is 0 Å². The molecule has 0 fully saturated rings. The third kappa shape index (κ3) is 3.78. The molecule has 29 heavy (non-hydrogen) atoms. The second-order valence-electron chi connectivity index (χ2n) is 6.03. The Morgan fingerprint density at radius 2 is 1.76 bits per heavy atom. The Labute approximate surface area is 168 Å². The first-order chi connectivity index (χ1) is 14.0. The van der Waals surface area contributed by atoms with Crippen molar-refractivity contribution in [2.45, 2.75) is 5.92 Å². The number of nitrogens with one attached hydrogen (secondary N) is 1. The van der Waals surface area contributed by atoms with Crippen LogP contribution in [0.1, 0.15) is 17.0 Å². The normalized spacial score (nSPS) is 12.3. The van der Waals surface area contributed by atoms with Crippen molar-refractivity contribution in [3.05, 3.63) is 76.0 Å². The molecule has 0 unspecified atom stereocenters. The average Bonchev–Trinajstić information content (AvgIpc) is 3.19. The number of fused-ring (bicyclic) bond motifs is 2. The first kappa shape index (κ1) is 18.6. The monoisotopic (exact) mass is 411 g/mol. The van der Waals surface area contributed by atoms with Gasteiger partial charge in [-0.15, -0.1) is 0 Å². The minimum Gasteiger partial charge on any atom is -0.457 e. The topological polar surface area (TPSA) is 121 Å². The molecule has 9 nitrogen and oxygen atoms in total. The van der Waals surface area contributed by atoms with Crippen molar-refractivity contribution in [3.63, 3.8) is 0 Å². The minimum atomic E-state index is -0.732. The van der Waals surface area contributed by atoms with Crippen molar-refractivity contribution < 1.29 is 24.0 Å². The number of para-hydroxylation sites is 2. The average molecular weight is 411 g/mol. The number of carbonyl (C=O) groups is 2. The van der Waals surface area contributed by atoms with E-state index in [1.165, 1.54) is 0 Å². The van der Waals surface area contributed by atoms with Crippen LogP contribution >= 0.6 is 11.3 Å².